The molecule has 1 saturated heterocycles. The Morgan fingerprint density at radius 1 is 1.38 bits per heavy atom. The van der Waals surface area contributed by atoms with Gasteiger partial charge in [0.2, 0.25) is 0 Å². The van der Waals surface area contributed by atoms with Crippen molar-refractivity contribution in [1.29, 1.82) is 0 Å². The number of carboxylic acids is 1. The lowest BCUT2D eigenvalue weighted by Gasteiger charge is -2.20. The average Bonchev–Trinajstić information content (AvgIpc) is 2.82. The molecule has 21 heavy (non-hydrogen) atoms. The third kappa shape index (κ3) is 3.35. The van der Waals surface area contributed by atoms with E-state index in [1.807, 2.05) is 26.0 Å². The van der Waals surface area contributed by atoms with Crippen LogP contribution < -0.4 is 5.32 Å². The van der Waals surface area contributed by atoms with E-state index in [1.54, 1.807) is 11.8 Å². The van der Waals surface area contributed by atoms with E-state index in [0.29, 0.717) is 19.5 Å². The van der Waals surface area contributed by atoms with Gasteiger partial charge in [0.1, 0.15) is 0 Å². The number of aryl methyl sites for hydroxylation is 2. The molecule has 0 aliphatic carbocycles. The van der Waals surface area contributed by atoms with E-state index in [0.717, 1.165) is 11.1 Å². The van der Waals surface area contributed by atoms with Crippen LogP contribution in [0.5, 0.6) is 0 Å². The van der Waals surface area contributed by atoms with Gasteiger partial charge in [-0.15, -0.1) is 0 Å². The summed E-state index contributed by atoms with van der Waals surface area (Å²) in [5, 5.41) is 12.1. The molecule has 114 valence electrons. The van der Waals surface area contributed by atoms with Crippen molar-refractivity contribution >= 4 is 12.0 Å². The van der Waals surface area contributed by atoms with Gasteiger partial charge in [0, 0.05) is 19.6 Å². The van der Waals surface area contributed by atoms with E-state index in [2.05, 4.69) is 11.4 Å². The van der Waals surface area contributed by atoms with Crippen molar-refractivity contribution in [2.45, 2.75) is 33.7 Å². The topological polar surface area (TPSA) is 69.6 Å². The zero-order valence-electron chi connectivity index (χ0n) is 12.8. The van der Waals surface area contributed by atoms with Crippen LogP contribution >= 0.6 is 0 Å². The summed E-state index contributed by atoms with van der Waals surface area (Å²) in [7, 11) is 0. The Morgan fingerprint density at radius 3 is 2.67 bits per heavy atom. The van der Waals surface area contributed by atoms with Crippen LogP contribution in [-0.2, 0) is 11.3 Å². The molecule has 2 N–H and O–H groups in total. The van der Waals surface area contributed by atoms with Crippen molar-refractivity contribution in [3.05, 3.63) is 34.9 Å². The molecule has 2 amide bonds. The molecular formula is C16H22N2O3. The van der Waals surface area contributed by atoms with Crippen LogP contribution in [0.15, 0.2) is 18.2 Å². The number of rotatable bonds is 3. The standard InChI is InChI=1S/C16H22N2O3/c1-11-4-5-13(12(2)8-11)9-17-15(21)18-7-6-16(3,10-18)14(19)20/h4-5,8H,6-7,9-10H2,1-3H3,(H,17,21)(H,19,20). The number of hydrogen-bond acceptors (Lipinski definition) is 2. The molecule has 0 radical (unpaired) electrons. The van der Waals surface area contributed by atoms with Crippen LogP contribution in [0.3, 0.4) is 0 Å². The largest absolute Gasteiger partial charge is 0.481 e. The molecule has 1 aliphatic heterocycles. The number of nitrogens with one attached hydrogen (secondary N) is 1. The van der Waals surface area contributed by atoms with Gasteiger partial charge >= 0.3 is 12.0 Å². The number of urea groups is 1. The first-order chi connectivity index (χ1) is 9.82. The Balaban J connectivity index is 1.93. The molecular weight excluding hydrogens is 268 g/mol. The highest BCUT2D eigenvalue weighted by Crippen LogP contribution is 2.30. The highest BCUT2D eigenvalue weighted by molar-refractivity contribution is 5.79. The molecule has 0 saturated carbocycles. The van der Waals surface area contributed by atoms with Crippen LogP contribution in [-0.4, -0.2) is 35.1 Å². The van der Waals surface area contributed by atoms with Crippen LogP contribution in [0.4, 0.5) is 4.79 Å². The summed E-state index contributed by atoms with van der Waals surface area (Å²) in [6.07, 6.45) is 0.499. The molecule has 2 rings (SSSR count). The minimum Gasteiger partial charge on any atom is -0.481 e. The van der Waals surface area contributed by atoms with E-state index < -0.39 is 11.4 Å². The molecule has 0 spiro atoms. The van der Waals surface area contributed by atoms with Gasteiger partial charge in [-0.2, -0.15) is 0 Å². The monoisotopic (exact) mass is 290 g/mol. The molecule has 1 heterocycles. The maximum Gasteiger partial charge on any atom is 0.317 e. The lowest BCUT2D eigenvalue weighted by molar-refractivity contribution is -0.146. The van der Waals surface area contributed by atoms with Gasteiger partial charge in [0.05, 0.1) is 5.41 Å². The van der Waals surface area contributed by atoms with Crippen molar-refractivity contribution in [3.8, 4) is 0 Å². The summed E-state index contributed by atoms with van der Waals surface area (Å²) in [6, 6.07) is 5.92. The highest BCUT2D eigenvalue weighted by atomic mass is 16.4. The predicted octanol–water partition coefficient (Wildman–Crippen LogP) is 2.31. The van der Waals surface area contributed by atoms with Gasteiger partial charge in [-0.3, -0.25) is 4.79 Å². The Labute approximate surface area is 125 Å². The summed E-state index contributed by atoms with van der Waals surface area (Å²) in [4.78, 5) is 24.9. The SMILES string of the molecule is Cc1ccc(CNC(=O)N2CCC(C)(C(=O)O)C2)c(C)c1. The summed E-state index contributed by atoms with van der Waals surface area (Å²) in [5.74, 6) is -0.841. The van der Waals surface area contributed by atoms with Crippen molar-refractivity contribution in [2.75, 3.05) is 13.1 Å². The quantitative estimate of drug-likeness (QED) is 0.897. The Morgan fingerprint density at radius 2 is 2.10 bits per heavy atom. The number of carbonyl (C=O) groups is 2. The second kappa shape index (κ2) is 5.76. The number of carboxylic acid groups (broad SMARTS) is 1. The van der Waals surface area contributed by atoms with Gasteiger partial charge in [-0.1, -0.05) is 23.8 Å². The zero-order chi connectivity index (χ0) is 15.6. The maximum atomic E-state index is 12.1. The minimum atomic E-state index is -0.841. The molecule has 1 aromatic carbocycles. The first-order valence-corrected chi connectivity index (χ1v) is 7.14. The summed E-state index contributed by atoms with van der Waals surface area (Å²) < 4.78 is 0. The van der Waals surface area contributed by atoms with E-state index in [1.165, 1.54) is 5.56 Å². The van der Waals surface area contributed by atoms with Crippen molar-refractivity contribution in [1.82, 2.24) is 10.2 Å². The number of benzene rings is 1. The average molecular weight is 290 g/mol. The molecule has 0 bridgehead atoms. The fraction of sp³-hybridized carbons (Fsp3) is 0.500. The number of likely N-dealkylation sites (tertiary alicyclic amines) is 1. The number of amides is 2. The molecule has 5 heteroatoms. The Bertz CT molecular complexity index is 571. The fourth-order valence-corrected chi connectivity index (χ4v) is 2.64. The highest BCUT2D eigenvalue weighted by Gasteiger charge is 2.42. The van der Waals surface area contributed by atoms with Crippen LogP contribution in [0, 0.1) is 19.3 Å². The third-order valence-corrected chi connectivity index (χ3v) is 4.21. The summed E-state index contributed by atoms with van der Waals surface area (Å²) >= 11 is 0. The zero-order valence-corrected chi connectivity index (χ0v) is 12.8. The van der Waals surface area contributed by atoms with E-state index >= 15 is 0 Å². The Kier molecular flexibility index (Phi) is 4.21. The lowest BCUT2D eigenvalue weighted by Crippen LogP contribution is -2.40. The normalized spacial score (nSPS) is 21.4. The summed E-state index contributed by atoms with van der Waals surface area (Å²) in [5.41, 5.74) is 2.59. The van der Waals surface area contributed by atoms with Gasteiger partial charge < -0.3 is 15.3 Å². The second-order valence-corrected chi connectivity index (χ2v) is 6.13. The van der Waals surface area contributed by atoms with Crippen molar-refractivity contribution in [3.63, 3.8) is 0 Å². The fourth-order valence-electron chi connectivity index (χ4n) is 2.64. The second-order valence-electron chi connectivity index (χ2n) is 6.13. The number of aliphatic carboxylic acids is 1. The Hall–Kier alpha value is -2.04. The van der Waals surface area contributed by atoms with Gasteiger partial charge in [-0.25, -0.2) is 4.79 Å². The predicted molar refractivity (Wildman–Crippen MR) is 80.1 cm³/mol. The van der Waals surface area contributed by atoms with Crippen molar-refractivity contribution in [2.24, 2.45) is 5.41 Å². The molecule has 5 nitrogen and oxygen atoms in total. The minimum absolute atomic E-state index is 0.194. The lowest BCUT2D eigenvalue weighted by atomic mass is 9.90. The number of hydrogen-bond donors (Lipinski definition) is 2. The molecule has 1 atom stereocenters. The van der Waals surface area contributed by atoms with Gasteiger partial charge in [0.15, 0.2) is 0 Å². The van der Waals surface area contributed by atoms with E-state index in [4.69, 9.17) is 0 Å². The molecule has 1 aromatic rings. The van der Waals surface area contributed by atoms with Crippen LogP contribution in [0.1, 0.15) is 30.0 Å². The molecule has 1 aliphatic rings. The van der Waals surface area contributed by atoms with Gasteiger partial charge in [-0.05, 0) is 38.3 Å². The smallest absolute Gasteiger partial charge is 0.317 e. The first kappa shape index (κ1) is 15.4. The maximum absolute atomic E-state index is 12.1. The number of nitrogens with zero attached hydrogens (tertiary/aromatic N) is 1. The summed E-state index contributed by atoms with van der Waals surface area (Å²) in [6.45, 7) is 6.96. The van der Waals surface area contributed by atoms with Crippen molar-refractivity contribution < 1.29 is 14.7 Å². The molecule has 0 aromatic heterocycles. The molecule has 1 fully saturated rings. The van der Waals surface area contributed by atoms with Gasteiger partial charge in [0.25, 0.3) is 0 Å². The van der Waals surface area contributed by atoms with Crippen LogP contribution in [0.2, 0.25) is 0 Å². The van der Waals surface area contributed by atoms with Crippen LogP contribution in [0.25, 0.3) is 0 Å². The first-order valence-electron chi connectivity index (χ1n) is 7.14. The third-order valence-electron chi connectivity index (χ3n) is 4.21. The molecule has 1 unspecified atom stereocenters. The van der Waals surface area contributed by atoms with E-state index in [9.17, 15) is 14.7 Å². The number of carbonyl (C=O) groups excluding carboxylic acids is 1. The van der Waals surface area contributed by atoms with E-state index in [-0.39, 0.29) is 12.6 Å².